The Morgan fingerprint density at radius 3 is 2.50 bits per heavy atom. The minimum Gasteiger partial charge on any atom is -0.496 e. The average molecular weight is 335 g/mol. The lowest BCUT2D eigenvalue weighted by molar-refractivity contribution is 0.281. The van der Waals surface area contributed by atoms with Gasteiger partial charge < -0.3 is 14.4 Å². The van der Waals surface area contributed by atoms with Gasteiger partial charge in [0.2, 0.25) is 0 Å². The zero-order valence-electron chi connectivity index (χ0n) is 12.5. The van der Waals surface area contributed by atoms with Gasteiger partial charge in [-0.15, -0.1) is 0 Å². The smallest absolute Gasteiger partial charge is 0.195 e. The summed E-state index contributed by atoms with van der Waals surface area (Å²) in [6, 6.07) is 8.65. The van der Waals surface area contributed by atoms with E-state index < -0.39 is 24.1 Å². The van der Waals surface area contributed by atoms with Crippen LogP contribution in [0.2, 0.25) is 0 Å². The second kappa shape index (κ2) is 6.37. The van der Waals surface area contributed by atoms with E-state index in [0.717, 1.165) is 12.1 Å². The summed E-state index contributed by atoms with van der Waals surface area (Å²) < 4.78 is 50.9. The van der Waals surface area contributed by atoms with Crippen LogP contribution in [0.25, 0.3) is 22.6 Å². The number of para-hydroxylation sites is 1. The van der Waals surface area contributed by atoms with E-state index >= 15 is 0 Å². The van der Waals surface area contributed by atoms with Crippen LogP contribution in [0.1, 0.15) is 5.56 Å². The van der Waals surface area contributed by atoms with Gasteiger partial charge in [0.15, 0.2) is 23.2 Å². The molecule has 0 spiro atoms. The Kier molecular flexibility index (Phi) is 4.26. The Hall–Kier alpha value is -2.80. The van der Waals surface area contributed by atoms with Gasteiger partial charge in [-0.3, -0.25) is 0 Å². The van der Waals surface area contributed by atoms with E-state index in [9.17, 15) is 18.3 Å². The lowest BCUT2D eigenvalue weighted by Gasteiger charge is -2.07. The molecule has 4 nitrogen and oxygen atoms in total. The number of hydrogen-bond acceptors (Lipinski definition) is 4. The summed E-state index contributed by atoms with van der Waals surface area (Å²) in [4.78, 5) is 0. The van der Waals surface area contributed by atoms with Crippen molar-refractivity contribution in [1.82, 2.24) is 5.16 Å². The van der Waals surface area contributed by atoms with Gasteiger partial charge in [0.05, 0.1) is 24.8 Å². The highest BCUT2D eigenvalue weighted by atomic mass is 19.2. The van der Waals surface area contributed by atoms with Crippen molar-refractivity contribution in [3.05, 3.63) is 59.4 Å². The monoisotopic (exact) mass is 335 g/mol. The molecule has 0 saturated heterocycles. The zero-order valence-corrected chi connectivity index (χ0v) is 12.5. The van der Waals surface area contributed by atoms with Crippen molar-refractivity contribution in [2.45, 2.75) is 6.61 Å². The quantitative estimate of drug-likeness (QED) is 0.734. The fourth-order valence-corrected chi connectivity index (χ4v) is 2.42. The molecule has 3 aromatic rings. The molecule has 0 unspecified atom stereocenters. The fourth-order valence-electron chi connectivity index (χ4n) is 2.42. The molecule has 124 valence electrons. The molecule has 0 bridgehead atoms. The lowest BCUT2D eigenvalue weighted by Crippen LogP contribution is -1.96. The highest BCUT2D eigenvalue weighted by Gasteiger charge is 2.25. The molecule has 0 amide bonds. The molecule has 0 radical (unpaired) electrons. The first-order valence-corrected chi connectivity index (χ1v) is 6.95. The van der Waals surface area contributed by atoms with Crippen LogP contribution in [-0.4, -0.2) is 17.4 Å². The van der Waals surface area contributed by atoms with Gasteiger partial charge in [0.1, 0.15) is 11.4 Å². The third kappa shape index (κ3) is 2.52. The predicted octanol–water partition coefficient (Wildman–Crippen LogP) is 3.93. The summed E-state index contributed by atoms with van der Waals surface area (Å²) >= 11 is 0. The summed E-state index contributed by atoms with van der Waals surface area (Å²) in [6.45, 7) is -0.537. The standard InChI is InChI=1S/C17H12F3NO3/c1-23-13-5-3-2-4-9(13)16-11(8-22)17(24-21-16)10-6-7-12(18)15(20)14(10)19/h2-7,22H,8H2,1H3. The molecule has 0 aliphatic rings. The maximum absolute atomic E-state index is 14.0. The van der Waals surface area contributed by atoms with Crippen LogP contribution in [0.15, 0.2) is 40.9 Å². The van der Waals surface area contributed by atoms with E-state index in [4.69, 9.17) is 9.26 Å². The van der Waals surface area contributed by atoms with Crippen LogP contribution in [0, 0.1) is 17.5 Å². The van der Waals surface area contributed by atoms with Crippen LogP contribution >= 0.6 is 0 Å². The Morgan fingerprint density at radius 1 is 1.04 bits per heavy atom. The molecule has 7 heteroatoms. The van der Waals surface area contributed by atoms with Gasteiger partial charge in [-0.25, -0.2) is 13.2 Å². The third-order valence-corrected chi connectivity index (χ3v) is 3.59. The van der Waals surface area contributed by atoms with Gasteiger partial charge >= 0.3 is 0 Å². The van der Waals surface area contributed by atoms with E-state index in [2.05, 4.69) is 5.16 Å². The van der Waals surface area contributed by atoms with Gasteiger partial charge in [-0.1, -0.05) is 17.3 Å². The SMILES string of the molecule is COc1ccccc1-c1noc(-c2ccc(F)c(F)c2F)c1CO. The van der Waals surface area contributed by atoms with Gasteiger partial charge in [0.25, 0.3) is 0 Å². The van der Waals surface area contributed by atoms with Crippen molar-refractivity contribution in [1.29, 1.82) is 0 Å². The molecule has 0 fully saturated rings. The Bertz CT molecular complexity index is 893. The van der Waals surface area contributed by atoms with Crippen molar-refractivity contribution in [2.24, 2.45) is 0 Å². The first-order chi connectivity index (χ1) is 11.6. The molecule has 0 aliphatic carbocycles. The van der Waals surface area contributed by atoms with Crippen molar-refractivity contribution in [2.75, 3.05) is 7.11 Å². The molecule has 24 heavy (non-hydrogen) atoms. The summed E-state index contributed by atoms with van der Waals surface area (Å²) in [5.41, 5.74) is 0.562. The Morgan fingerprint density at radius 2 is 1.79 bits per heavy atom. The van der Waals surface area contributed by atoms with E-state index in [0.29, 0.717) is 11.3 Å². The number of aromatic nitrogens is 1. The molecule has 1 N–H and O–H groups in total. The van der Waals surface area contributed by atoms with Crippen LogP contribution in [-0.2, 0) is 6.61 Å². The largest absolute Gasteiger partial charge is 0.496 e. The summed E-state index contributed by atoms with van der Waals surface area (Å²) in [5.74, 6) is -4.04. The highest BCUT2D eigenvalue weighted by Crippen LogP contribution is 2.37. The molecule has 1 heterocycles. The second-order valence-corrected chi connectivity index (χ2v) is 4.92. The van der Waals surface area contributed by atoms with Crippen LogP contribution in [0.5, 0.6) is 5.75 Å². The normalized spacial score (nSPS) is 10.9. The number of nitrogens with zero attached hydrogens (tertiary/aromatic N) is 1. The third-order valence-electron chi connectivity index (χ3n) is 3.59. The molecular weight excluding hydrogens is 323 g/mol. The van der Waals surface area contributed by atoms with Gasteiger partial charge in [-0.05, 0) is 24.3 Å². The van der Waals surface area contributed by atoms with Crippen molar-refractivity contribution >= 4 is 0 Å². The minimum atomic E-state index is -1.62. The van der Waals surface area contributed by atoms with Crippen molar-refractivity contribution < 1.29 is 27.5 Å². The second-order valence-electron chi connectivity index (χ2n) is 4.92. The number of halogens is 3. The predicted molar refractivity (Wildman–Crippen MR) is 79.7 cm³/mol. The molecule has 0 saturated carbocycles. The summed E-state index contributed by atoms with van der Waals surface area (Å²) in [5, 5.41) is 13.5. The molecular formula is C17H12F3NO3. The topological polar surface area (TPSA) is 55.5 Å². The molecule has 2 aromatic carbocycles. The average Bonchev–Trinajstić information content (AvgIpc) is 3.03. The first-order valence-electron chi connectivity index (χ1n) is 6.95. The van der Waals surface area contributed by atoms with Gasteiger partial charge in [0, 0.05) is 5.56 Å². The van der Waals surface area contributed by atoms with E-state index in [1.165, 1.54) is 7.11 Å². The Labute approximate surface area is 135 Å². The highest BCUT2D eigenvalue weighted by molar-refractivity contribution is 5.76. The van der Waals surface area contributed by atoms with Crippen molar-refractivity contribution in [3.8, 4) is 28.3 Å². The van der Waals surface area contributed by atoms with Crippen molar-refractivity contribution in [3.63, 3.8) is 0 Å². The van der Waals surface area contributed by atoms with Crippen LogP contribution in [0.3, 0.4) is 0 Å². The first kappa shape index (κ1) is 16.1. The van der Waals surface area contributed by atoms with Crippen LogP contribution < -0.4 is 4.74 Å². The van der Waals surface area contributed by atoms with E-state index in [1.807, 2.05) is 0 Å². The maximum atomic E-state index is 14.0. The molecule has 0 atom stereocenters. The number of ether oxygens (including phenoxy) is 1. The summed E-state index contributed by atoms with van der Waals surface area (Å²) in [6.07, 6.45) is 0. The Balaban J connectivity index is 2.20. The number of aliphatic hydroxyl groups is 1. The molecule has 3 rings (SSSR count). The number of rotatable bonds is 4. The maximum Gasteiger partial charge on any atom is 0.195 e. The number of benzene rings is 2. The summed E-state index contributed by atoms with van der Waals surface area (Å²) in [7, 11) is 1.47. The van der Waals surface area contributed by atoms with Crippen LogP contribution in [0.4, 0.5) is 13.2 Å². The number of methoxy groups -OCH3 is 1. The number of hydrogen-bond donors (Lipinski definition) is 1. The molecule has 0 aliphatic heterocycles. The lowest BCUT2D eigenvalue weighted by atomic mass is 10.0. The zero-order chi connectivity index (χ0) is 17.3. The minimum absolute atomic E-state index is 0.143. The van der Waals surface area contributed by atoms with Gasteiger partial charge in [-0.2, -0.15) is 0 Å². The van der Waals surface area contributed by atoms with E-state index in [1.54, 1.807) is 24.3 Å². The molecule has 1 aromatic heterocycles. The fraction of sp³-hybridized carbons (Fsp3) is 0.118. The van der Waals surface area contributed by atoms with E-state index in [-0.39, 0.29) is 22.6 Å². The number of aliphatic hydroxyl groups excluding tert-OH is 1.